The Labute approximate surface area is 164 Å². The Morgan fingerprint density at radius 3 is 2.52 bits per heavy atom. The van der Waals surface area contributed by atoms with Gasteiger partial charge in [0.2, 0.25) is 5.82 Å². The quantitative estimate of drug-likeness (QED) is 0.677. The lowest BCUT2D eigenvalue weighted by Crippen LogP contribution is -2.47. The van der Waals surface area contributed by atoms with Crippen molar-refractivity contribution in [1.82, 2.24) is 20.1 Å². The first kappa shape index (κ1) is 20.6. The lowest BCUT2D eigenvalue weighted by molar-refractivity contribution is -0.159. The number of aromatic nitrogens is 2. The Morgan fingerprint density at radius 1 is 1.38 bits per heavy atom. The Morgan fingerprint density at radius 2 is 2.03 bits per heavy atom. The summed E-state index contributed by atoms with van der Waals surface area (Å²) in [6.45, 7) is 1.75. The number of urea groups is 1. The molecular formula is C18H18F3N5O3. The average Bonchev–Trinajstić information content (AvgIpc) is 3.38. The molecule has 29 heavy (non-hydrogen) atoms. The van der Waals surface area contributed by atoms with Crippen molar-refractivity contribution in [3.63, 3.8) is 0 Å². The summed E-state index contributed by atoms with van der Waals surface area (Å²) in [5, 5.41) is 13.6. The minimum atomic E-state index is -4.71. The highest BCUT2D eigenvalue weighted by atomic mass is 19.4. The van der Waals surface area contributed by atoms with E-state index in [1.807, 2.05) is 0 Å². The first-order chi connectivity index (χ1) is 13.7. The van der Waals surface area contributed by atoms with Crippen molar-refractivity contribution >= 4 is 6.03 Å². The molecule has 0 N–H and O–H groups in total. The number of halogens is 3. The molecule has 1 aliphatic carbocycles. The summed E-state index contributed by atoms with van der Waals surface area (Å²) in [5.74, 6) is -1.61. The molecule has 1 fully saturated rings. The lowest BCUT2D eigenvalue weighted by atomic mass is 10.1. The third kappa shape index (κ3) is 4.65. The molecule has 2 aromatic rings. The van der Waals surface area contributed by atoms with E-state index in [0.29, 0.717) is 11.1 Å². The molecule has 0 saturated heterocycles. The zero-order chi connectivity index (χ0) is 21.2. The largest absolute Gasteiger partial charge is 0.471 e. The Bertz CT molecular complexity index is 903. The summed E-state index contributed by atoms with van der Waals surface area (Å²) < 4.78 is 42.0. The van der Waals surface area contributed by atoms with Crippen LogP contribution in [0.1, 0.15) is 31.2 Å². The fourth-order valence-electron chi connectivity index (χ4n) is 2.77. The fourth-order valence-corrected chi connectivity index (χ4v) is 2.77. The van der Waals surface area contributed by atoms with Crippen molar-refractivity contribution < 1.29 is 27.3 Å². The van der Waals surface area contributed by atoms with Gasteiger partial charge in [-0.1, -0.05) is 29.4 Å². The maximum atomic E-state index is 12.8. The van der Waals surface area contributed by atoms with Gasteiger partial charge in [-0.2, -0.15) is 28.5 Å². The molecule has 8 nitrogen and oxygen atoms in total. The highest BCUT2D eigenvalue weighted by molar-refractivity contribution is 5.75. The van der Waals surface area contributed by atoms with Crippen molar-refractivity contribution in [3.05, 3.63) is 35.7 Å². The number of amides is 2. The van der Waals surface area contributed by atoms with Gasteiger partial charge in [-0.3, -0.25) is 4.84 Å². The molecule has 1 unspecified atom stereocenters. The Hall–Kier alpha value is -3.13. The van der Waals surface area contributed by atoms with Crippen LogP contribution in [-0.2, 0) is 17.6 Å². The predicted octanol–water partition coefficient (Wildman–Crippen LogP) is 3.62. The van der Waals surface area contributed by atoms with Crippen LogP contribution in [0.25, 0.3) is 11.4 Å². The Balaban J connectivity index is 1.71. The van der Waals surface area contributed by atoms with Crippen LogP contribution in [0, 0.1) is 11.3 Å². The first-order valence-corrected chi connectivity index (χ1v) is 8.78. The molecule has 2 amide bonds. The molecular weight excluding hydrogens is 391 g/mol. The van der Waals surface area contributed by atoms with Crippen LogP contribution in [0.4, 0.5) is 18.0 Å². The normalized spacial score (nSPS) is 14.9. The van der Waals surface area contributed by atoms with Gasteiger partial charge >= 0.3 is 18.1 Å². The number of rotatable bonds is 6. The number of carbonyl (C=O) groups excluding carboxylic acids is 1. The highest BCUT2D eigenvalue weighted by Gasteiger charge is 2.39. The molecule has 0 aliphatic heterocycles. The van der Waals surface area contributed by atoms with E-state index in [4.69, 9.17) is 4.84 Å². The second-order valence-electron chi connectivity index (χ2n) is 6.56. The number of benzene rings is 1. The van der Waals surface area contributed by atoms with E-state index in [1.165, 1.54) is 24.1 Å². The van der Waals surface area contributed by atoms with E-state index in [2.05, 4.69) is 20.7 Å². The van der Waals surface area contributed by atoms with Crippen molar-refractivity contribution in [1.29, 1.82) is 5.26 Å². The van der Waals surface area contributed by atoms with Crippen LogP contribution in [0.15, 0.2) is 28.8 Å². The van der Waals surface area contributed by atoms with Crippen LogP contribution >= 0.6 is 0 Å². The maximum Gasteiger partial charge on any atom is 0.471 e. The second kappa shape index (κ2) is 8.08. The molecule has 1 aromatic carbocycles. The van der Waals surface area contributed by atoms with Gasteiger partial charge in [0.05, 0.1) is 19.7 Å². The molecule has 1 aliphatic rings. The van der Waals surface area contributed by atoms with E-state index in [1.54, 1.807) is 19.1 Å². The number of carbonyl (C=O) groups is 1. The first-order valence-electron chi connectivity index (χ1n) is 8.78. The molecule has 154 valence electrons. The van der Waals surface area contributed by atoms with E-state index in [-0.39, 0.29) is 18.4 Å². The zero-order valence-corrected chi connectivity index (χ0v) is 15.7. The number of nitrogens with zero attached hydrogens (tertiary/aromatic N) is 5. The van der Waals surface area contributed by atoms with Gasteiger partial charge in [0.25, 0.3) is 0 Å². The molecule has 1 heterocycles. The van der Waals surface area contributed by atoms with Gasteiger partial charge < -0.3 is 9.42 Å². The van der Waals surface area contributed by atoms with Crippen molar-refractivity contribution in [3.8, 4) is 17.5 Å². The van der Waals surface area contributed by atoms with Gasteiger partial charge in [0.1, 0.15) is 6.04 Å². The molecule has 1 saturated carbocycles. The molecule has 1 aromatic heterocycles. The van der Waals surface area contributed by atoms with Gasteiger partial charge in [0.15, 0.2) is 0 Å². The summed E-state index contributed by atoms with van der Waals surface area (Å²) in [7, 11) is 1.35. The monoisotopic (exact) mass is 409 g/mol. The molecule has 3 rings (SSSR count). The van der Waals surface area contributed by atoms with Crippen molar-refractivity contribution in [2.75, 3.05) is 7.11 Å². The molecule has 0 radical (unpaired) electrons. The van der Waals surface area contributed by atoms with Crippen LogP contribution < -0.4 is 0 Å². The van der Waals surface area contributed by atoms with Crippen LogP contribution in [0.5, 0.6) is 0 Å². The summed E-state index contributed by atoms with van der Waals surface area (Å²) in [4.78, 5) is 22.8. The number of nitriles is 1. The molecule has 0 bridgehead atoms. The van der Waals surface area contributed by atoms with Crippen LogP contribution in [0.2, 0.25) is 0 Å². The maximum absolute atomic E-state index is 12.8. The SMILES string of the molecule is CON(Cc1ccc(-c2noc(C(F)(F)F)n2)cc1)C(=O)N(C(C)C#N)C1CC1. The minimum absolute atomic E-state index is 0.0262. The summed E-state index contributed by atoms with van der Waals surface area (Å²) >= 11 is 0. The smallest absolute Gasteiger partial charge is 0.329 e. The van der Waals surface area contributed by atoms with Crippen molar-refractivity contribution in [2.45, 2.75) is 44.6 Å². The lowest BCUT2D eigenvalue weighted by Gasteiger charge is -2.30. The van der Waals surface area contributed by atoms with Gasteiger partial charge in [-0.25, -0.2) is 4.79 Å². The third-order valence-electron chi connectivity index (χ3n) is 4.41. The predicted molar refractivity (Wildman–Crippen MR) is 92.6 cm³/mol. The van der Waals surface area contributed by atoms with E-state index < -0.39 is 24.1 Å². The topological polar surface area (TPSA) is 95.5 Å². The van der Waals surface area contributed by atoms with Gasteiger partial charge in [-0.05, 0) is 25.3 Å². The minimum Gasteiger partial charge on any atom is -0.329 e. The highest BCUT2D eigenvalue weighted by Crippen LogP contribution is 2.31. The second-order valence-corrected chi connectivity index (χ2v) is 6.56. The molecule has 0 spiro atoms. The molecule has 11 heteroatoms. The van der Waals surface area contributed by atoms with Gasteiger partial charge in [0, 0.05) is 11.6 Å². The summed E-state index contributed by atoms with van der Waals surface area (Å²) in [5.41, 5.74) is 1.00. The Kier molecular flexibility index (Phi) is 5.74. The standard InChI is InChI=1S/C18H18F3N5O3/c1-11(9-22)26(14-7-8-14)17(27)25(28-2)10-12-3-5-13(6-4-12)15-23-16(29-24-15)18(19,20)21/h3-6,11,14H,7-8,10H2,1-2H3. The van der Waals surface area contributed by atoms with E-state index in [9.17, 15) is 23.2 Å². The number of hydroxylamine groups is 2. The third-order valence-corrected chi connectivity index (χ3v) is 4.41. The van der Waals surface area contributed by atoms with Crippen LogP contribution in [0.3, 0.4) is 0 Å². The van der Waals surface area contributed by atoms with Crippen molar-refractivity contribution in [2.24, 2.45) is 0 Å². The fraction of sp³-hybridized carbons (Fsp3) is 0.444. The van der Waals surface area contributed by atoms with Gasteiger partial charge in [-0.15, -0.1) is 0 Å². The number of alkyl halides is 3. The molecule has 1 atom stereocenters. The van der Waals surface area contributed by atoms with Crippen LogP contribution in [-0.4, -0.2) is 45.3 Å². The average molecular weight is 409 g/mol. The number of hydrogen-bond donors (Lipinski definition) is 0. The summed E-state index contributed by atoms with van der Waals surface area (Å²) in [6, 6.07) is 7.37. The summed E-state index contributed by atoms with van der Waals surface area (Å²) in [6.07, 6.45) is -3.03. The van der Waals surface area contributed by atoms with E-state index in [0.717, 1.165) is 17.9 Å². The van der Waals surface area contributed by atoms with E-state index >= 15 is 0 Å². The zero-order valence-electron chi connectivity index (χ0n) is 15.7. The number of hydrogen-bond acceptors (Lipinski definition) is 6.